The number of anilines is 1. The quantitative estimate of drug-likeness (QED) is 0.692. The molecule has 0 aliphatic carbocycles. The normalized spacial score (nSPS) is 14.7. The zero-order chi connectivity index (χ0) is 20.9. The minimum absolute atomic E-state index is 0.284. The topological polar surface area (TPSA) is 69.7 Å². The molecule has 3 rings (SSSR count). The van der Waals surface area contributed by atoms with Crippen LogP contribution in [0.25, 0.3) is 0 Å². The van der Waals surface area contributed by atoms with Gasteiger partial charge in [0.2, 0.25) is 15.9 Å². The molecule has 0 saturated carbocycles. The Balaban J connectivity index is 1.55. The van der Waals surface area contributed by atoms with Gasteiger partial charge >= 0.3 is 0 Å². The minimum Gasteiger partial charge on any atom is -0.350 e. The molecule has 0 atom stereocenters. The van der Waals surface area contributed by atoms with Crippen molar-refractivity contribution in [1.29, 1.82) is 0 Å². The van der Waals surface area contributed by atoms with Crippen LogP contribution in [0.3, 0.4) is 0 Å². The molecule has 6 nitrogen and oxygen atoms in total. The van der Waals surface area contributed by atoms with E-state index in [2.05, 4.69) is 22.3 Å². The smallest absolute Gasteiger partial charge is 0.241 e. The monoisotopic (exact) mass is 435 g/mol. The third-order valence-electron chi connectivity index (χ3n) is 4.92. The Morgan fingerprint density at radius 2 is 1.62 bits per heavy atom. The number of nitrogens with zero attached hydrogens (tertiary/aromatic N) is 2. The summed E-state index contributed by atoms with van der Waals surface area (Å²) in [5, 5.41) is 3.29. The molecule has 2 aromatic carbocycles. The molecule has 1 N–H and O–H groups in total. The standard InChI is InChI=1S/C21H26ClN3O3S/c1-29(27,28)25(20-10-8-19(22)9-11-20)16-21(26)23-14-17-4-6-18(7-5-17)15-24-12-2-3-13-24/h4-11H,2-3,12-16H2,1H3,(H,23,26). The summed E-state index contributed by atoms with van der Waals surface area (Å²) in [5.74, 6) is -0.369. The van der Waals surface area contributed by atoms with E-state index in [1.165, 1.54) is 18.4 Å². The van der Waals surface area contributed by atoms with Crippen LogP contribution < -0.4 is 9.62 Å². The number of nitrogens with one attached hydrogen (secondary N) is 1. The number of hydrogen-bond acceptors (Lipinski definition) is 4. The lowest BCUT2D eigenvalue weighted by molar-refractivity contribution is -0.119. The van der Waals surface area contributed by atoms with Crippen molar-refractivity contribution in [2.24, 2.45) is 0 Å². The molecule has 2 aromatic rings. The Kier molecular flexibility index (Phi) is 7.16. The average Bonchev–Trinajstić information content (AvgIpc) is 3.19. The summed E-state index contributed by atoms with van der Waals surface area (Å²) in [6, 6.07) is 14.5. The van der Waals surface area contributed by atoms with Crippen LogP contribution in [0, 0.1) is 0 Å². The van der Waals surface area contributed by atoms with E-state index in [0.717, 1.165) is 35.8 Å². The number of hydrogen-bond donors (Lipinski definition) is 1. The minimum atomic E-state index is -3.60. The average molecular weight is 436 g/mol. The van der Waals surface area contributed by atoms with Crippen LogP contribution in [0.2, 0.25) is 5.02 Å². The molecule has 8 heteroatoms. The van der Waals surface area contributed by atoms with Crippen molar-refractivity contribution in [3.05, 3.63) is 64.7 Å². The highest BCUT2D eigenvalue weighted by Crippen LogP contribution is 2.20. The summed E-state index contributed by atoms with van der Waals surface area (Å²) in [4.78, 5) is 14.8. The first-order valence-electron chi connectivity index (χ1n) is 9.61. The zero-order valence-corrected chi connectivity index (χ0v) is 18.0. The van der Waals surface area contributed by atoms with E-state index in [0.29, 0.717) is 17.3 Å². The van der Waals surface area contributed by atoms with Gasteiger partial charge in [0.25, 0.3) is 0 Å². The lowest BCUT2D eigenvalue weighted by Gasteiger charge is -2.22. The van der Waals surface area contributed by atoms with Crippen LogP contribution >= 0.6 is 11.6 Å². The summed E-state index contributed by atoms with van der Waals surface area (Å²) >= 11 is 5.86. The predicted octanol–water partition coefficient (Wildman–Crippen LogP) is 3.02. The first-order chi connectivity index (χ1) is 13.8. The fourth-order valence-electron chi connectivity index (χ4n) is 3.36. The van der Waals surface area contributed by atoms with Crippen molar-refractivity contribution in [2.45, 2.75) is 25.9 Å². The molecule has 1 saturated heterocycles. The molecule has 1 amide bonds. The maximum Gasteiger partial charge on any atom is 0.241 e. The highest BCUT2D eigenvalue weighted by atomic mass is 35.5. The van der Waals surface area contributed by atoms with Crippen molar-refractivity contribution in [3.8, 4) is 0 Å². The van der Waals surface area contributed by atoms with Crippen LogP contribution in [-0.4, -0.2) is 45.1 Å². The van der Waals surface area contributed by atoms with Gasteiger partial charge in [0.15, 0.2) is 0 Å². The molecular weight excluding hydrogens is 410 g/mol. The van der Waals surface area contributed by atoms with Gasteiger partial charge in [-0.05, 0) is 61.3 Å². The van der Waals surface area contributed by atoms with Gasteiger partial charge < -0.3 is 5.32 Å². The molecule has 0 unspecified atom stereocenters. The lowest BCUT2D eigenvalue weighted by Crippen LogP contribution is -2.40. The lowest BCUT2D eigenvalue weighted by atomic mass is 10.1. The number of likely N-dealkylation sites (tertiary alicyclic amines) is 1. The first kappa shape index (κ1) is 21.6. The van der Waals surface area contributed by atoms with Crippen LogP contribution in [0.4, 0.5) is 5.69 Å². The van der Waals surface area contributed by atoms with Gasteiger partial charge in [0.05, 0.1) is 11.9 Å². The molecule has 1 heterocycles. The summed E-state index contributed by atoms with van der Waals surface area (Å²) in [6.07, 6.45) is 3.61. The van der Waals surface area contributed by atoms with Gasteiger partial charge in [-0.3, -0.25) is 14.0 Å². The Labute approximate surface area is 177 Å². The van der Waals surface area contributed by atoms with Crippen molar-refractivity contribution < 1.29 is 13.2 Å². The molecular formula is C21H26ClN3O3S. The number of carbonyl (C=O) groups excluding carboxylic acids is 1. The summed E-state index contributed by atoms with van der Waals surface area (Å²) in [5.41, 5.74) is 2.63. The Hall–Kier alpha value is -2.09. The third kappa shape index (κ3) is 6.45. The van der Waals surface area contributed by atoms with Crippen molar-refractivity contribution >= 4 is 33.2 Å². The number of amides is 1. The molecule has 156 valence electrons. The van der Waals surface area contributed by atoms with Crippen LogP contribution in [0.15, 0.2) is 48.5 Å². The van der Waals surface area contributed by atoms with E-state index in [1.54, 1.807) is 24.3 Å². The molecule has 1 aliphatic heterocycles. The van der Waals surface area contributed by atoms with Crippen molar-refractivity contribution in [2.75, 3.05) is 30.2 Å². The van der Waals surface area contributed by atoms with E-state index in [-0.39, 0.29) is 12.5 Å². The van der Waals surface area contributed by atoms with E-state index >= 15 is 0 Å². The molecule has 0 radical (unpaired) electrons. The number of halogens is 1. The van der Waals surface area contributed by atoms with Crippen LogP contribution in [0.1, 0.15) is 24.0 Å². The van der Waals surface area contributed by atoms with Gasteiger partial charge in [-0.1, -0.05) is 35.9 Å². The fourth-order valence-corrected chi connectivity index (χ4v) is 4.34. The maximum absolute atomic E-state index is 12.4. The Morgan fingerprint density at radius 1 is 1.03 bits per heavy atom. The van der Waals surface area contributed by atoms with Gasteiger partial charge in [-0.15, -0.1) is 0 Å². The largest absolute Gasteiger partial charge is 0.350 e. The molecule has 1 fully saturated rings. The molecule has 0 bridgehead atoms. The number of benzene rings is 2. The molecule has 0 aromatic heterocycles. The van der Waals surface area contributed by atoms with Crippen LogP contribution in [-0.2, 0) is 27.9 Å². The SMILES string of the molecule is CS(=O)(=O)N(CC(=O)NCc1ccc(CN2CCCC2)cc1)c1ccc(Cl)cc1. The second-order valence-electron chi connectivity index (χ2n) is 7.32. The number of rotatable bonds is 8. The Bertz CT molecular complexity index is 925. The zero-order valence-electron chi connectivity index (χ0n) is 16.5. The van der Waals surface area contributed by atoms with Gasteiger partial charge in [-0.2, -0.15) is 0 Å². The van der Waals surface area contributed by atoms with Crippen molar-refractivity contribution in [1.82, 2.24) is 10.2 Å². The van der Waals surface area contributed by atoms with E-state index < -0.39 is 10.0 Å². The van der Waals surface area contributed by atoms with E-state index in [1.807, 2.05) is 12.1 Å². The maximum atomic E-state index is 12.4. The second-order valence-corrected chi connectivity index (χ2v) is 9.67. The highest BCUT2D eigenvalue weighted by molar-refractivity contribution is 7.92. The van der Waals surface area contributed by atoms with Crippen molar-refractivity contribution in [3.63, 3.8) is 0 Å². The van der Waals surface area contributed by atoms with E-state index in [9.17, 15) is 13.2 Å². The van der Waals surface area contributed by atoms with Gasteiger partial charge in [-0.25, -0.2) is 8.42 Å². The molecule has 29 heavy (non-hydrogen) atoms. The highest BCUT2D eigenvalue weighted by Gasteiger charge is 2.20. The summed E-state index contributed by atoms with van der Waals surface area (Å²) in [6.45, 7) is 3.33. The Morgan fingerprint density at radius 3 is 2.21 bits per heavy atom. The molecule has 1 aliphatic rings. The summed E-state index contributed by atoms with van der Waals surface area (Å²) < 4.78 is 25.3. The summed E-state index contributed by atoms with van der Waals surface area (Å²) in [7, 11) is -3.60. The number of carbonyl (C=O) groups is 1. The fraction of sp³-hybridized carbons (Fsp3) is 0.381. The molecule has 0 spiro atoms. The predicted molar refractivity (Wildman–Crippen MR) is 116 cm³/mol. The van der Waals surface area contributed by atoms with Gasteiger partial charge in [0, 0.05) is 18.1 Å². The number of sulfonamides is 1. The van der Waals surface area contributed by atoms with Gasteiger partial charge in [0.1, 0.15) is 6.54 Å². The first-order valence-corrected chi connectivity index (χ1v) is 11.8. The second kappa shape index (κ2) is 9.61. The van der Waals surface area contributed by atoms with Crippen LogP contribution in [0.5, 0.6) is 0 Å². The van der Waals surface area contributed by atoms with E-state index in [4.69, 9.17) is 11.6 Å². The third-order valence-corrected chi connectivity index (χ3v) is 6.31.